The van der Waals surface area contributed by atoms with Crippen molar-refractivity contribution in [3.05, 3.63) is 0 Å². The Kier molecular flexibility index (Phi) is 17.6. The molecule has 0 aromatic heterocycles. The summed E-state index contributed by atoms with van der Waals surface area (Å²) < 4.78 is 32.1. The van der Waals surface area contributed by atoms with E-state index in [2.05, 4.69) is 16.0 Å². The van der Waals surface area contributed by atoms with Crippen LogP contribution in [-0.2, 0) is 42.8 Å². The van der Waals surface area contributed by atoms with E-state index in [4.69, 9.17) is 28.4 Å². The zero-order chi connectivity index (χ0) is 39.6. The topological polar surface area (TPSA) is 345 Å². The minimum absolute atomic E-state index is 0.180. The molecule has 3 saturated heterocycles. The fourth-order valence-electron chi connectivity index (χ4n) is 5.82. The number of carbonyl (C=O) groups excluding carboxylic acids is 3. The fraction of sp³-hybridized carbons (Fsp3) is 0.903. The first-order valence-electron chi connectivity index (χ1n) is 17.3. The van der Waals surface area contributed by atoms with Gasteiger partial charge < -0.3 is 95.4 Å². The molecule has 13 N–H and O–H groups in total. The Morgan fingerprint density at radius 3 is 0.962 bits per heavy atom. The minimum Gasteiger partial charge on any atom is -0.388 e. The minimum atomic E-state index is -2.24. The molecule has 308 valence electrons. The summed E-state index contributed by atoms with van der Waals surface area (Å²) in [4.78, 5) is 38.5. The number of ether oxygens (including phenoxy) is 6. The molecule has 3 fully saturated rings. The maximum Gasteiger partial charge on any atom is 0.223 e. The number of nitrogens with one attached hydrogen (secondary N) is 3. The number of rotatable bonds is 18. The standard InChI is InChI=1S/C31H55N3O19/c1-13-19(38)22(41)25(44)28(51-13)48-7-4-32-16(35)10-31(47,11-17(36)33-5-8-49-29-26(45)23(42)20(39)14(2)52-29)12-18(37)34-6-9-50-30-27(46)24(43)21(40)15(3)53-30/h13-15,19-30,38-47H,4-12H2,1-3H3,(H,32,35)(H,33,36)(H,34,37)/t13-,14-,15-,19+,20+,21+,22+,23+,24+,25-,26-,27-,28+,29+,30+/m0/s1. The lowest BCUT2D eigenvalue weighted by Crippen LogP contribution is -2.57. The first kappa shape index (κ1) is 45.2. The van der Waals surface area contributed by atoms with Crippen molar-refractivity contribution in [2.45, 2.75) is 138 Å². The highest BCUT2D eigenvalue weighted by Gasteiger charge is 2.44. The van der Waals surface area contributed by atoms with Gasteiger partial charge in [-0.05, 0) is 20.8 Å². The molecule has 3 amide bonds. The highest BCUT2D eigenvalue weighted by Crippen LogP contribution is 2.24. The van der Waals surface area contributed by atoms with Gasteiger partial charge >= 0.3 is 0 Å². The van der Waals surface area contributed by atoms with E-state index in [1.807, 2.05) is 0 Å². The van der Waals surface area contributed by atoms with Gasteiger partial charge in [-0.15, -0.1) is 0 Å². The Labute approximate surface area is 304 Å². The van der Waals surface area contributed by atoms with Gasteiger partial charge in [-0.1, -0.05) is 0 Å². The monoisotopic (exact) mass is 773 g/mol. The van der Waals surface area contributed by atoms with Crippen LogP contribution in [0.4, 0.5) is 0 Å². The number of carbonyl (C=O) groups is 3. The Hall–Kier alpha value is -2.23. The van der Waals surface area contributed by atoms with Crippen molar-refractivity contribution >= 4 is 17.7 Å². The summed E-state index contributed by atoms with van der Waals surface area (Å²) in [6.45, 7) is 3.16. The third kappa shape index (κ3) is 12.9. The molecule has 0 aromatic carbocycles. The predicted octanol–water partition coefficient (Wildman–Crippen LogP) is -7.23. The SMILES string of the molecule is C[C@@H]1O[C@@H](OCCNC(=O)CC(O)(CC(=O)NCCO[C@@H]2O[C@@H](C)[C@@H](O)[C@@H](O)[C@@H]2O)CC(=O)NCCO[C@@H]2O[C@@H](C)[C@@H](O)[C@@H](O)[C@@H]2O)[C@@H](O)[C@H](O)[C@@H]1O. The van der Waals surface area contributed by atoms with Crippen molar-refractivity contribution in [3.63, 3.8) is 0 Å². The third-order valence-corrected chi connectivity index (χ3v) is 9.01. The molecule has 0 spiro atoms. The molecule has 0 unspecified atom stereocenters. The largest absolute Gasteiger partial charge is 0.388 e. The van der Waals surface area contributed by atoms with E-state index in [0.29, 0.717) is 0 Å². The van der Waals surface area contributed by atoms with Gasteiger partial charge in [-0.25, -0.2) is 0 Å². The van der Waals surface area contributed by atoms with Crippen LogP contribution < -0.4 is 16.0 Å². The van der Waals surface area contributed by atoms with Crippen LogP contribution in [0.2, 0.25) is 0 Å². The molecular formula is C31H55N3O19. The summed E-state index contributed by atoms with van der Waals surface area (Å²) in [7, 11) is 0. The highest BCUT2D eigenvalue weighted by atomic mass is 16.7. The predicted molar refractivity (Wildman–Crippen MR) is 173 cm³/mol. The second-order valence-corrected chi connectivity index (χ2v) is 13.5. The highest BCUT2D eigenvalue weighted by molar-refractivity contribution is 5.84. The Balaban J connectivity index is 1.51. The van der Waals surface area contributed by atoms with Crippen LogP contribution in [0.15, 0.2) is 0 Å². The summed E-state index contributed by atoms with van der Waals surface area (Å²) in [5.41, 5.74) is -2.24. The first-order valence-corrected chi connectivity index (χ1v) is 17.3. The normalized spacial score (nSPS) is 37.9. The summed E-state index contributed by atoms with van der Waals surface area (Å²) in [5.74, 6) is -2.39. The lowest BCUT2D eigenvalue weighted by Gasteiger charge is -2.38. The average molecular weight is 774 g/mol. The molecular weight excluding hydrogens is 718 g/mol. The quantitative estimate of drug-likeness (QED) is 0.0575. The van der Waals surface area contributed by atoms with Gasteiger partial charge in [0.2, 0.25) is 17.7 Å². The van der Waals surface area contributed by atoms with E-state index < -0.39 is 135 Å². The van der Waals surface area contributed by atoms with Gasteiger partial charge in [0.25, 0.3) is 0 Å². The number of hydrogen-bond donors (Lipinski definition) is 13. The maximum atomic E-state index is 12.8. The second-order valence-electron chi connectivity index (χ2n) is 13.5. The van der Waals surface area contributed by atoms with Gasteiger partial charge in [-0.2, -0.15) is 0 Å². The molecule has 0 saturated carbocycles. The van der Waals surface area contributed by atoms with E-state index >= 15 is 0 Å². The number of hydrogen-bond acceptors (Lipinski definition) is 19. The van der Waals surface area contributed by atoms with Crippen molar-refractivity contribution in [1.82, 2.24) is 16.0 Å². The fourth-order valence-corrected chi connectivity index (χ4v) is 5.82. The van der Waals surface area contributed by atoms with Crippen molar-refractivity contribution < 1.29 is 93.9 Å². The molecule has 0 aromatic rings. The molecule has 0 bridgehead atoms. The summed E-state index contributed by atoms with van der Waals surface area (Å²) >= 11 is 0. The van der Waals surface area contributed by atoms with Crippen LogP contribution in [0.5, 0.6) is 0 Å². The van der Waals surface area contributed by atoms with E-state index in [1.165, 1.54) is 20.8 Å². The van der Waals surface area contributed by atoms with Crippen molar-refractivity contribution in [2.24, 2.45) is 0 Å². The smallest absolute Gasteiger partial charge is 0.223 e. The molecule has 3 aliphatic rings. The van der Waals surface area contributed by atoms with E-state index in [0.717, 1.165) is 0 Å². The van der Waals surface area contributed by atoms with Crippen LogP contribution in [-0.4, -0.2) is 206 Å². The van der Waals surface area contributed by atoms with Gasteiger partial charge in [0, 0.05) is 19.6 Å². The van der Waals surface area contributed by atoms with Crippen molar-refractivity contribution in [3.8, 4) is 0 Å². The van der Waals surface area contributed by atoms with Crippen LogP contribution in [0.3, 0.4) is 0 Å². The van der Waals surface area contributed by atoms with Crippen LogP contribution >= 0.6 is 0 Å². The third-order valence-electron chi connectivity index (χ3n) is 9.01. The van der Waals surface area contributed by atoms with Crippen LogP contribution in [0.1, 0.15) is 40.0 Å². The molecule has 3 heterocycles. The van der Waals surface area contributed by atoms with Crippen molar-refractivity contribution in [2.75, 3.05) is 39.5 Å². The molecule has 0 radical (unpaired) electrons. The second kappa shape index (κ2) is 20.6. The molecule has 0 aliphatic carbocycles. The molecule has 53 heavy (non-hydrogen) atoms. The molecule has 15 atom stereocenters. The zero-order valence-corrected chi connectivity index (χ0v) is 29.7. The summed E-state index contributed by atoms with van der Waals surface area (Å²) in [6, 6.07) is 0. The summed E-state index contributed by atoms with van der Waals surface area (Å²) in [5, 5.41) is 108. The number of aliphatic hydroxyl groups excluding tert-OH is 9. The first-order chi connectivity index (χ1) is 24.8. The van der Waals surface area contributed by atoms with E-state index in [-0.39, 0.29) is 39.5 Å². The lowest BCUT2D eigenvalue weighted by atomic mass is 9.90. The lowest BCUT2D eigenvalue weighted by molar-refractivity contribution is -0.292. The van der Waals surface area contributed by atoms with Crippen LogP contribution in [0.25, 0.3) is 0 Å². The Morgan fingerprint density at radius 2 is 0.717 bits per heavy atom. The molecule has 3 aliphatic heterocycles. The summed E-state index contributed by atoms with van der Waals surface area (Å²) in [6.07, 6.45) is -22.0. The van der Waals surface area contributed by atoms with E-state index in [9.17, 15) is 65.4 Å². The number of amides is 3. The van der Waals surface area contributed by atoms with Crippen LogP contribution in [0, 0.1) is 0 Å². The van der Waals surface area contributed by atoms with Gasteiger partial charge in [0.15, 0.2) is 18.9 Å². The molecule has 22 nitrogen and oxygen atoms in total. The maximum absolute atomic E-state index is 12.8. The van der Waals surface area contributed by atoms with Gasteiger partial charge in [-0.3, -0.25) is 14.4 Å². The van der Waals surface area contributed by atoms with E-state index in [1.54, 1.807) is 0 Å². The Bertz CT molecular complexity index is 1040. The van der Waals surface area contributed by atoms with Gasteiger partial charge in [0.1, 0.15) is 54.9 Å². The zero-order valence-electron chi connectivity index (χ0n) is 29.7. The average Bonchev–Trinajstić information content (AvgIpc) is 3.10. The molecule has 3 rings (SSSR count). The van der Waals surface area contributed by atoms with Crippen molar-refractivity contribution in [1.29, 1.82) is 0 Å². The molecule has 22 heteroatoms. The van der Waals surface area contributed by atoms with Gasteiger partial charge in [0.05, 0.1) is 63.0 Å². The number of aliphatic hydroxyl groups is 10. The Morgan fingerprint density at radius 1 is 0.472 bits per heavy atom.